The summed E-state index contributed by atoms with van der Waals surface area (Å²) in [4.78, 5) is 24.5. The van der Waals surface area contributed by atoms with Gasteiger partial charge in [-0.25, -0.2) is 4.79 Å². The van der Waals surface area contributed by atoms with Crippen molar-refractivity contribution in [2.24, 2.45) is 0 Å². The molecule has 3 aromatic rings. The molecule has 0 fully saturated rings. The van der Waals surface area contributed by atoms with Crippen LogP contribution in [0.5, 0.6) is 5.75 Å². The number of fused-ring (bicyclic) bond motifs is 1. The average Bonchev–Trinajstić information content (AvgIpc) is 3.16. The normalized spacial score (nSPS) is 10.4. The molecule has 1 aromatic heterocycles. The minimum Gasteiger partial charge on any atom is -0.481 e. The van der Waals surface area contributed by atoms with Gasteiger partial charge in [0.2, 0.25) is 0 Å². The van der Waals surface area contributed by atoms with Gasteiger partial charge in [-0.15, -0.1) is 11.3 Å². The number of carbonyl (C=O) groups excluding carboxylic acids is 2. The second kappa shape index (κ2) is 8.30. The fraction of sp³-hybridized carbons (Fsp3) is 0.158. The van der Waals surface area contributed by atoms with Crippen molar-refractivity contribution in [1.29, 1.82) is 0 Å². The highest BCUT2D eigenvalue weighted by Crippen LogP contribution is 2.24. The molecule has 0 spiro atoms. The first kappa shape index (κ1) is 17.0. The lowest BCUT2D eigenvalue weighted by atomic mass is 10.1. The molecule has 0 aliphatic rings. The van der Waals surface area contributed by atoms with Crippen LogP contribution in [0, 0.1) is 0 Å². The molecule has 0 radical (unpaired) electrons. The second-order valence-electron chi connectivity index (χ2n) is 5.28. The maximum absolute atomic E-state index is 11.8. The quantitative estimate of drug-likeness (QED) is 0.661. The van der Waals surface area contributed by atoms with Crippen LogP contribution in [0.1, 0.15) is 4.88 Å². The van der Waals surface area contributed by atoms with Gasteiger partial charge >= 0.3 is 5.97 Å². The largest absolute Gasteiger partial charge is 0.481 e. The molecule has 0 unspecified atom stereocenters. The van der Waals surface area contributed by atoms with Crippen molar-refractivity contribution < 1.29 is 19.1 Å². The molecule has 1 amide bonds. The first-order valence-electron chi connectivity index (χ1n) is 7.77. The molecular formula is C19H17NO4S. The monoisotopic (exact) mass is 355 g/mol. The Kier molecular flexibility index (Phi) is 5.64. The number of carbonyl (C=O) groups is 2. The van der Waals surface area contributed by atoms with Crippen LogP contribution in [0.2, 0.25) is 0 Å². The van der Waals surface area contributed by atoms with E-state index in [0.29, 0.717) is 12.3 Å². The summed E-state index contributed by atoms with van der Waals surface area (Å²) in [6.07, 6.45) is 0. The van der Waals surface area contributed by atoms with Gasteiger partial charge in [0.25, 0.3) is 5.91 Å². The Balaban J connectivity index is 1.44. The number of rotatable bonds is 7. The van der Waals surface area contributed by atoms with Crippen molar-refractivity contribution in [1.82, 2.24) is 5.32 Å². The van der Waals surface area contributed by atoms with Crippen LogP contribution in [0.3, 0.4) is 0 Å². The maximum atomic E-state index is 11.8. The van der Waals surface area contributed by atoms with Crippen LogP contribution in [-0.2, 0) is 20.9 Å². The van der Waals surface area contributed by atoms with E-state index in [9.17, 15) is 9.59 Å². The Labute approximate surface area is 149 Å². The van der Waals surface area contributed by atoms with Gasteiger partial charge in [0.15, 0.2) is 13.2 Å². The molecule has 5 nitrogen and oxygen atoms in total. The number of benzene rings is 2. The summed E-state index contributed by atoms with van der Waals surface area (Å²) in [6, 6.07) is 17.2. The molecular weight excluding hydrogens is 338 g/mol. The highest BCUT2D eigenvalue weighted by Gasteiger charge is 2.10. The van der Waals surface area contributed by atoms with E-state index >= 15 is 0 Å². The molecule has 6 heteroatoms. The predicted octanol–water partition coefficient (Wildman–Crippen LogP) is 3.14. The Morgan fingerprint density at radius 3 is 2.64 bits per heavy atom. The van der Waals surface area contributed by atoms with E-state index in [1.807, 2.05) is 53.9 Å². The molecule has 128 valence electrons. The van der Waals surface area contributed by atoms with Gasteiger partial charge in [0, 0.05) is 10.3 Å². The van der Waals surface area contributed by atoms with E-state index < -0.39 is 5.97 Å². The molecule has 25 heavy (non-hydrogen) atoms. The number of ether oxygens (including phenoxy) is 2. The van der Waals surface area contributed by atoms with Gasteiger partial charge in [-0.1, -0.05) is 42.5 Å². The Morgan fingerprint density at radius 1 is 0.960 bits per heavy atom. The summed E-state index contributed by atoms with van der Waals surface area (Å²) in [5.74, 6) is -0.316. The number of nitrogens with one attached hydrogen (secondary N) is 1. The summed E-state index contributed by atoms with van der Waals surface area (Å²) < 4.78 is 10.5. The van der Waals surface area contributed by atoms with E-state index in [4.69, 9.17) is 9.47 Å². The SMILES string of the molecule is O=C(COC(=O)COc1cccc2ccccc12)NCc1cccs1. The minimum absolute atomic E-state index is 0.244. The summed E-state index contributed by atoms with van der Waals surface area (Å²) in [5, 5.41) is 6.58. The van der Waals surface area contributed by atoms with Crippen molar-refractivity contribution in [2.45, 2.75) is 6.54 Å². The van der Waals surface area contributed by atoms with E-state index in [-0.39, 0.29) is 19.1 Å². The van der Waals surface area contributed by atoms with Crippen molar-refractivity contribution in [2.75, 3.05) is 13.2 Å². The van der Waals surface area contributed by atoms with E-state index in [1.54, 1.807) is 17.4 Å². The van der Waals surface area contributed by atoms with E-state index in [1.165, 1.54) is 0 Å². The summed E-state index contributed by atoms with van der Waals surface area (Å²) in [7, 11) is 0. The van der Waals surface area contributed by atoms with Crippen LogP contribution in [0.25, 0.3) is 10.8 Å². The molecule has 0 bridgehead atoms. The van der Waals surface area contributed by atoms with Crippen molar-refractivity contribution in [3.63, 3.8) is 0 Å². The predicted molar refractivity (Wildman–Crippen MR) is 96.6 cm³/mol. The topological polar surface area (TPSA) is 64.6 Å². The zero-order chi connectivity index (χ0) is 17.5. The van der Waals surface area contributed by atoms with Crippen LogP contribution in [-0.4, -0.2) is 25.1 Å². The molecule has 1 N–H and O–H groups in total. The highest BCUT2D eigenvalue weighted by molar-refractivity contribution is 7.09. The maximum Gasteiger partial charge on any atom is 0.344 e. The van der Waals surface area contributed by atoms with Crippen molar-refractivity contribution >= 4 is 34.0 Å². The van der Waals surface area contributed by atoms with Crippen LogP contribution < -0.4 is 10.1 Å². The minimum atomic E-state index is -0.584. The van der Waals surface area contributed by atoms with Gasteiger partial charge < -0.3 is 14.8 Å². The first-order chi connectivity index (χ1) is 12.2. The zero-order valence-corrected chi connectivity index (χ0v) is 14.3. The molecule has 1 heterocycles. The molecule has 0 saturated carbocycles. The molecule has 2 aromatic carbocycles. The standard InChI is InChI=1S/C19H17NO4S/c21-18(20-11-15-7-4-10-25-15)12-24-19(22)13-23-17-9-3-6-14-5-1-2-8-16(14)17/h1-10H,11-13H2,(H,20,21). The van der Waals surface area contributed by atoms with Gasteiger partial charge in [-0.05, 0) is 22.9 Å². The van der Waals surface area contributed by atoms with Crippen molar-refractivity contribution in [3.8, 4) is 5.75 Å². The Hall–Kier alpha value is -2.86. The van der Waals surface area contributed by atoms with Crippen LogP contribution >= 0.6 is 11.3 Å². The number of amides is 1. The van der Waals surface area contributed by atoms with Gasteiger partial charge in [-0.2, -0.15) is 0 Å². The third kappa shape index (κ3) is 4.81. The van der Waals surface area contributed by atoms with Gasteiger partial charge in [0.1, 0.15) is 5.75 Å². The van der Waals surface area contributed by atoms with Crippen LogP contribution in [0.15, 0.2) is 60.0 Å². The lowest BCUT2D eigenvalue weighted by molar-refractivity contribution is -0.150. The first-order valence-corrected chi connectivity index (χ1v) is 8.65. The zero-order valence-electron chi connectivity index (χ0n) is 13.4. The van der Waals surface area contributed by atoms with Crippen LogP contribution in [0.4, 0.5) is 0 Å². The van der Waals surface area contributed by atoms with Gasteiger partial charge in [0.05, 0.1) is 6.54 Å². The van der Waals surface area contributed by atoms with Gasteiger partial charge in [-0.3, -0.25) is 4.79 Å². The fourth-order valence-electron chi connectivity index (χ4n) is 2.30. The third-order valence-corrected chi connectivity index (χ3v) is 4.38. The average molecular weight is 355 g/mol. The second-order valence-corrected chi connectivity index (χ2v) is 6.31. The summed E-state index contributed by atoms with van der Waals surface area (Å²) in [5.41, 5.74) is 0. The lowest BCUT2D eigenvalue weighted by Crippen LogP contribution is -2.29. The molecule has 0 atom stereocenters. The van der Waals surface area contributed by atoms with Crippen molar-refractivity contribution in [3.05, 3.63) is 64.9 Å². The van der Waals surface area contributed by atoms with E-state index in [2.05, 4.69) is 5.32 Å². The Morgan fingerprint density at radius 2 is 1.80 bits per heavy atom. The molecule has 0 aliphatic heterocycles. The smallest absolute Gasteiger partial charge is 0.344 e. The number of thiophene rings is 1. The highest BCUT2D eigenvalue weighted by atomic mass is 32.1. The molecule has 3 rings (SSSR count). The lowest BCUT2D eigenvalue weighted by Gasteiger charge is -2.09. The summed E-state index contributed by atoms with van der Waals surface area (Å²) >= 11 is 1.55. The number of esters is 1. The molecule has 0 aliphatic carbocycles. The molecule has 0 saturated heterocycles. The Bertz CT molecular complexity index is 856. The third-order valence-electron chi connectivity index (χ3n) is 3.50. The summed E-state index contributed by atoms with van der Waals surface area (Å²) in [6.45, 7) is -0.129. The fourth-order valence-corrected chi connectivity index (χ4v) is 2.94. The van der Waals surface area contributed by atoms with E-state index in [0.717, 1.165) is 15.6 Å². The number of hydrogen-bond acceptors (Lipinski definition) is 5. The number of hydrogen-bond donors (Lipinski definition) is 1.